The van der Waals surface area contributed by atoms with Crippen LogP contribution in [0.5, 0.6) is 0 Å². The lowest BCUT2D eigenvalue weighted by molar-refractivity contribution is 0.743. The van der Waals surface area contributed by atoms with Gasteiger partial charge in [-0.2, -0.15) is 0 Å². The summed E-state index contributed by atoms with van der Waals surface area (Å²) in [4.78, 5) is 8.42. The SMILES string of the molecule is CNCCc1nccn1-c1cccnc1. The van der Waals surface area contributed by atoms with Crippen molar-refractivity contribution in [3.05, 3.63) is 42.7 Å². The average Bonchev–Trinajstić information content (AvgIpc) is 2.75. The standard InChI is InChI=1S/C11H14N4/c1-12-6-4-11-14-7-8-15(11)10-3-2-5-13-9-10/h2-3,5,7-9,12H,4,6H2,1H3. The molecule has 0 bridgehead atoms. The lowest BCUT2D eigenvalue weighted by Gasteiger charge is -2.06. The third kappa shape index (κ3) is 2.22. The van der Waals surface area contributed by atoms with Crippen molar-refractivity contribution in [2.45, 2.75) is 6.42 Å². The van der Waals surface area contributed by atoms with Gasteiger partial charge in [-0.1, -0.05) is 0 Å². The van der Waals surface area contributed by atoms with Crippen LogP contribution >= 0.6 is 0 Å². The predicted molar refractivity (Wildman–Crippen MR) is 59.0 cm³/mol. The summed E-state index contributed by atoms with van der Waals surface area (Å²) in [6.45, 7) is 0.928. The van der Waals surface area contributed by atoms with E-state index in [4.69, 9.17) is 0 Å². The first-order valence-corrected chi connectivity index (χ1v) is 4.99. The summed E-state index contributed by atoms with van der Waals surface area (Å²) in [5.41, 5.74) is 1.06. The summed E-state index contributed by atoms with van der Waals surface area (Å²) in [6, 6.07) is 3.95. The number of hydrogen-bond donors (Lipinski definition) is 1. The molecule has 0 amide bonds. The summed E-state index contributed by atoms with van der Waals surface area (Å²) < 4.78 is 2.06. The van der Waals surface area contributed by atoms with Crippen LogP contribution in [0.25, 0.3) is 5.69 Å². The van der Waals surface area contributed by atoms with Gasteiger partial charge in [0.25, 0.3) is 0 Å². The lowest BCUT2D eigenvalue weighted by atomic mass is 10.3. The van der Waals surface area contributed by atoms with Crippen molar-refractivity contribution in [3.8, 4) is 5.69 Å². The third-order valence-corrected chi connectivity index (χ3v) is 2.24. The maximum Gasteiger partial charge on any atom is 0.114 e. The molecular weight excluding hydrogens is 188 g/mol. The number of likely N-dealkylation sites (N-methyl/N-ethyl adjacent to an activating group) is 1. The fourth-order valence-corrected chi connectivity index (χ4v) is 1.49. The molecule has 15 heavy (non-hydrogen) atoms. The summed E-state index contributed by atoms with van der Waals surface area (Å²) >= 11 is 0. The Balaban J connectivity index is 2.25. The van der Waals surface area contributed by atoms with E-state index in [-0.39, 0.29) is 0 Å². The fraction of sp³-hybridized carbons (Fsp3) is 0.273. The van der Waals surface area contributed by atoms with E-state index in [2.05, 4.69) is 19.9 Å². The van der Waals surface area contributed by atoms with Crippen LogP contribution in [-0.4, -0.2) is 28.1 Å². The minimum absolute atomic E-state index is 0.915. The van der Waals surface area contributed by atoms with Crippen molar-refractivity contribution in [1.82, 2.24) is 19.9 Å². The molecule has 1 N–H and O–H groups in total. The Hall–Kier alpha value is -1.68. The third-order valence-electron chi connectivity index (χ3n) is 2.24. The van der Waals surface area contributed by atoms with E-state index < -0.39 is 0 Å². The van der Waals surface area contributed by atoms with Crippen LogP contribution in [-0.2, 0) is 6.42 Å². The number of rotatable bonds is 4. The number of hydrogen-bond acceptors (Lipinski definition) is 3. The Bertz CT molecular complexity index is 408. The van der Waals surface area contributed by atoms with Gasteiger partial charge in [0.1, 0.15) is 5.82 Å². The molecule has 4 nitrogen and oxygen atoms in total. The van der Waals surface area contributed by atoms with E-state index in [1.165, 1.54) is 0 Å². The molecule has 0 atom stereocenters. The first-order chi connectivity index (χ1) is 7.42. The predicted octanol–water partition coefficient (Wildman–Crippen LogP) is 1.03. The van der Waals surface area contributed by atoms with E-state index in [1.54, 1.807) is 6.20 Å². The monoisotopic (exact) mass is 202 g/mol. The molecule has 0 saturated carbocycles. The Kier molecular flexibility index (Phi) is 3.09. The quantitative estimate of drug-likeness (QED) is 0.805. The zero-order chi connectivity index (χ0) is 10.5. The minimum atomic E-state index is 0.915. The first-order valence-electron chi connectivity index (χ1n) is 4.99. The zero-order valence-corrected chi connectivity index (χ0v) is 8.72. The molecule has 0 fully saturated rings. The van der Waals surface area contributed by atoms with E-state index >= 15 is 0 Å². The van der Waals surface area contributed by atoms with Crippen LogP contribution in [0.1, 0.15) is 5.82 Å². The van der Waals surface area contributed by atoms with Gasteiger partial charge in [-0.05, 0) is 19.2 Å². The molecule has 0 aliphatic carbocycles. The second kappa shape index (κ2) is 4.70. The van der Waals surface area contributed by atoms with E-state index in [0.29, 0.717) is 0 Å². The second-order valence-corrected chi connectivity index (χ2v) is 3.28. The molecule has 0 radical (unpaired) electrons. The molecule has 4 heteroatoms. The van der Waals surface area contributed by atoms with Crippen LogP contribution in [0.3, 0.4) is 0 Å². The van der Waals surface area contributed by atoms with Crippen molar-refractivity contribution in [3.63, 3.8) is 0 Å². The van der Waals surface area contributed by atoms with Crippen LogP contribution in [0.4, 0.5) is 0 Å². The number of nitrogens with one attached hydrogen (secondary N) is 1. The highest BCUT2D eigenvalue weighted by Gasteiger charge is 2.03. The second-order valence-electron chi connectivity index (χ2n) is 3.28. The smallest absolute Gasteiger partial charge is 0.114 e. The number of aromatic nitrogens is 3. The van der Waals surface area contributed by atoms with Gasteiger partial charge in [0, 0.05) is 31.6 Å². The van der Waals surface area contributed by atoms with Gasteiger partial charge in [0.2, 0.25) is 0 Å². The summed E-state index contributed by atoms with van der Waals surface area (Å²) in [6.07, 6.45) is 8.30. The summed E-state index contributed by atoms with van der Waals surface area (Å²) in [5, 5.41) is 3.12. The highest BCUT2D eigenvalue weighted by Crippen LogP contribution is 2.08. The zero-order valence-electron chi connectivity index (χ0n) is 8.72. The van der Waals surface area contributed by atoms with Gasteiger partial charge < -0.3 is 9.88 Å². The van der Waals surface area contributed by atoms with E-state index in [9.17, 15) is 0 Å². The van der Waals surface area contributed by atoms with Crippen LogP contribution in [0, 0.1) is 0 Å². The molecule has 0 unspecified atom stereocenters. The molecule has 2 aromatic heterocycles. The molecule has 2 heterocycles. The molecule has 78 valence electrons. The van der Waals surface area contributed by atoms with E-state index in [1.807, 2.05) is 37.8 Å². The maximum absolute atomic E-state index is 4.33. The van der Waals surface area contributed by atoms with Gasteiger partial charge >= 0.3 is 0 Å². The van der Waals surface area contributed by atoms with Crippen LogP contribution in [0.15, 0.2) is 36.9 Å². The maximum atomic E-state index is 4.33. The van der Waals surface area contributed by atoms with Crippen molar-refractivity contribution in [2.24, 2.45) is 0 Å². The molecule has 2 aromatic rings. The Morgan fingerprint density at radius 1 is 1.40 bits per heavy atom. The van der Waals surface area contributed by atoms with Crippen molar-refractivity contribution in [1.29, 1.82) is 0 Å². The summed E-state index contributed by atoms with van der Waals surface area (Å²) in [7, 11) is 1.94. The molecule has 0 spiro atoms. The van der Waals surface area contributed by atoms with Gasteiger partial charge in [0.15, 0.2) is 0 Å². The Labute approximate surface area is 89.0 Å². The van der Waals surface area contributed by atoms with Gasteiger partial charge in [-0.25, -0.2) is 4.98 Å². The molecular formula is C11H14N4. The highest BCUT2D eigenvalue weighted by molar-refractivity contribution is 5.29. The molecule has 0 saturated heterocycles. The largest absolute Gasteiger partial charge is 0.319 e. The fourth-order valence-electron chi connectivity index (χ4n) is 1.49. The topological polar surface area (TPSA) is 42.7 Å². The number of pyridine rings is 1. The Morgan fingerprint density at radius 3 is 3.07 bits per heavy atom. The normalized spacial score (nSPS) is 10.5. The van der Waals surface area contributed by atoms with Crippen LogP contribution in [0.2, 0.25) is 0 Å². The summed E-state index contributed by atoms with van der Waals surface area (Å²) in [5.74, 6) is 1.05. The molecule has 2 rings (SSSR count). The van der Waals surface area contributed by atoms with Gasteiger partial charge in [-0.15, -0.1) is 0 Å². The molecule has 0 aliphatic rings. The van der Waals surface area contributed by atoms with Crippen LogP contribution < -0.4 is 5.32 Å². The highest BCUT2D eigenvalue weighted by atomic mass is 15.1. The van der Waals surface area contributed by atoms with E-state index in [0.717, 1.165) is 24.5 Å². The molecule has 0 aromatic carbocycles. The number of imidazole rings is 1. The number of nitrogens with zero attached hydrogens (tertiary/aromatic N) is 3. The minimum Gasteiger partial charge on any atom is -0.319 e. The van der Waals surface area contributed by atoms with Gasteiger partial charge in [-0.3, -0.25) is 4.98 Å². The van der Waals surface area contributed by atoms with Crippen molar-refractivity contribution >= 4 is 0 Å². The first kappa shape index (κ1) is 9.86. The molecule has 0 aliphatic heterocycles. The Morgan fingerprint density at radius 2 is 2.33 bits per heavy atom. The lowest BCUT2D eigenvalue weighted by Crippen LogP contribution is -2.13. The van der Waals surface area contributed by atoms with Crippen molar-refractivity contribution in [2.75, 3.05) is 13.6 Å². The average molecular weight is 202 g/mol. The van der Waals surface area contributed by atoms with Crippen molar-refractivity contribution < 1.29 is 0 Å². The van der Waals surface area contributed by atoms with Gasteiger partial charge in [0.05, 0.1) is 11.9 Å².